The van der Waals surface area contributed by atoms with E-state index >= 15 is 0 Å². The highest BCUT2D eigenvalue weighted by Crippen LogP contribution is 2.34. The lowest BCUT2D eigenvalue weighted by Gasteiger charge is -2.22. The van der Waals surface area contributed by atoms with Gasteiger partial charge in [0.05, 0.1) is 13.7 Å². The van der Waals surface area contributed by atoms with Gasteiger partial charge in [-0.2, -0.15) is 4.68 Å². The Morgan fingerprint density at radius 1 is 1.43 bits per heavy atom. The molecule has 0 radical (unpaired) electrons. The van der Waals surface area contributed by atoms with Crippen LogP contribution >= 0.6 is 0 Å². The zero-order valence-electron chi connectivity index (χ0n) is 12.6. The van der Waals surface area contributed by atoms with Crippen LogP contribution in [-0.4, -0.2) is 45.0 Å². The molecule has 0 saturated heterocycles. The predicted molar refractivity (Wildman–Crippen MR) is 79.5 cm³/mol. The van der Waals surface area contributed by atoms with Crippen LogP contribution in [0.4, 0.5) is 5.95 Å². The maximum absolute atomic E-state index is 11.3. The Morgan fingerprint density at radius 2 is 2.26 bits per heavy atom. The summed E-state index contributed by atoms with van der Waals surface area (Å²) in [5.41, 5.74) is 0.796. The summed E-state index contributed by atoms with van der Waals surface area (Å²) in [5, 5.41) is 23.2. The van der Waals surface area contributed by atoms with Crippen molar-refractivity contribution in [1.82, 2.24) is 20.2 Å². The molecule has 1 aliphatic rings. The van der Waals surface area contributed by atoms with Gasteiger partial charge in [0.25, 0.3) is 0 Å². The first-order valence-electron chi connectivity index (χ1n) is 6.94. The zero-order valence-corrected chi connectivity index (χ0v) is 12.6. The summed E-state index contributed by atoms with van der Waals surface area (Å²) in [4.78, 5) is 11.3. The van der Waals surface area contributed by atoms with Crippen LogP contribution in [-0.2, 0) is 4.79 Å². The second kappa shape index (κ2) is 5.95. The molecule has 3 rings (SSSR count). The van der Waals surface area contributed by atoms with E-state index in [0.29, 0.717) is 18.1 Å². The number of hydrogen-bond acceptors (Lipinski definition) is 7. The summed E-state index contributed by atoms with van der Waals surface area (Å²) in [5.74, 6) is 0.361. The molecule has 23 heavy (non-hydrogen) atoms. The van der Waals surface area contributed by atoms with Crippen molar-refractivity contribution >= 4 is 11.9 Å². The lowest BCUT2D eigenvalue weighted by Crippen LogP contribution is -2.24. The van der Waals surface area contributed by atoms with E-state index in [9.17, 15) is 9.90 Å². The number of carbonyl (C=O) groups is 1. The van der Waals surface area contributed by atoms with E-state index in [-0.39, 0.29) is 11.6 Å². The summed E-state index contributed by atoms with van der Waals surface area (Å²) < 4.78 is 12.3. The number of methoxy groups -OCH3 is 1. The van der Waals surface area contributed by atoms with E-state index in [1.165, 1.54) is 4.68 Å². The topological polar surface area (TPSA) is 111 Å². The standard InChI is InChI=1S/C14H15N5O4/c1-3-23-11-5-4-8(6-12(11)22-2)10-7-9(13(20)21)15-14-16-17-18-19(10)14/h4-7,10H,3H2,1-2H3,(H,20,21)(H,15,16,18)/t10-/m0/s1. The van der Waals surface area contributed by atoms with Gasteiger partial charge in [0.2, 0.25) is 5.95 Å². The molecule has 9 heteroatoms. The maximum atomic E-state index is 11.3. The smallest absolute Gasteiger partial charge is 0.352 e. The Balaban J connectivity index is 2.05. The van der Waals surface area contributed by atoms with Gasteiger partial charge in [-0.05, 0) is 41.1 Å². The van der Waals surface area contributed by atoms with Gasteiger partial charge in [-0.3, -0.25) is 0 Å². The Morgan fingerprint density at radius 3 is 2.96 bits per heavy atom. The molecule has 1 atom stereocenters. The Kier molecular flexibility index (Phi) is 3.83. The summed E-state index contributed by atoms with van der Waals surface area (Å²) in [7, 11) is 1.55. The lowest BCUT2D eigenvalue weighted by molar-refractivity contribution is -0.132. The molecular formula is C14H15N5O4. The quantitative estimate of drug-likeness (QED) is 0.842. The molecule has 2 N–H and O–H groups in total. The highest BCUT2D eigenvalue weighted by Gasteiger charge is 2.27. The first kappa shape index (κ1) is 14.8. The average molecular weight is 317 g/mol. The van der Waals surface area contributed by atoms with E-state index in [1.54, 1.807) is 25.3 Å². The number of aliphatic carboxylic acids is 1. The summed E-state index contributed by atoms with van der Waals surface area (Å²) in [6.45, 7) is 2.40. The first-order valence-corrected chi connectivity index (χ1v) is 6.94. The number of carboxylic acids is 1. The summed E-state index contributed by atoms with van der Waals surface area (Å²) in [6, 6.07) is 4.92. The molecule has 9 nitrogen and oxygen atoms in total. The van der Waals surface area contributed by atoms with Crippen LogP contribution in [0, 0.1) is 0 Å². The molecular weight excluding hydrogens is 302 g/mol. The van der Waals surface area contributed by atoms with Crippen molar-refractivity contribution in [2.24, 2.45) is 0 Å². The van der Waals surface area contributed by atoms with Crippen LogP contribution in [0.25, 0.3) is 0 Å². The van der Waals surface area contributed by atoms with Gasteiger partial charge in [-0.1, -0.05) is 11.2 Å². The monoisotopic (exact) mass is 317 g/mol. The third-order valence-electron chi connectivity index (χ3n) is 3.39. The van der Waals surface area contributed by atoms with Crippen LogP contribution in [0.15, 0.2) is 30.0 Å². The van der Waals surface area contributed by atoms with Gasteiger partial charge in [-0.15, -0.1) is 0 Å². The SMILES string of the molecule is CCOc1ccc([C@@H]2C=C(C(=O)O)Nc3nnnn32)cc1OC. The molecule has 2 heterocycles. The average Bonchev–Trinajstić information content (AvgIpc) is 3.03. The fourth-order valence-corrected chi connectivity index (χ4v) is 2.36. The minimum atomic E-state index is -1.08. The van der Waals surface area contributed by atoms with Crippen molar-refractivity contribution in [3.63, 3.8) is 0 Å². The molecule has 120 valence electrons. The van der Waals surface area contributed by atoms with Gasteiger partial charge in [0, 0.05) is 0 Å². The molecule has 1 aromatic carbocycles. The Bertz CT molecular complexity index is 770. The van der Waals surface area contributed by atoms with E-state index < -0.39 is 12.0 Å². The predicted octanol–water partition coefficient (Wildman–Crippen LogP) is 1.06. The number of carboxylic acid groups (broad SMARTS) is 1. The number of anilines is 1. The minimum Gasteiger partial charge on any atom is -0.493 e. The van der Waals surface area contributed by atoms with E-state index in [2.05, 4.69) is 20.8 Å². The second-order valence-corrected chi connectivity index (χ2v) is 4.75. The van der Waals surface area contributed by atoms with Gasteiger partial charge in [-0.25, -0.2) is 4.79 Å². The molecule has 1 aliphatic heterocycles. The molecule has 2 aromatic rings. The lowest BCUT2D eigenvalue weighted by atomic mass is 10.0. The van der Waals surface area contributed by atoms with Gasteiger partial charge >= 0.3 is 5.97 Å². The van der Waals surface area contributed by atoms with Crippen LogP contribution < -0.4 is 14.8 Å². The van der Waals surface area contributed by atoms with Crippen molar-refractivity contribution in [2.75, 3.05) is 19.0 Å². The maximum Gasteiger partial charge on any atom is 0.352 e. The number of hydrogen-bond donors (Lipinski definition) is 2. The molecule has 0 amide bonds. The summed E-state index contributed by atoms with van der Waals surface area (Å²) in [6.07, 6.45) is 1.54. The highest BCUT2D eigenvalue weighted by molar-refractivity contribution is 5.90. The third kappa shape index (κ3) is 2.68. The highest BCUT2D eigenvalue weighted by atomic mass is 16.5. The number of nitrogens with one attached hydrogen (secondary N) is 1. The van der Waals surface area contributed by atoms with Crippen molar-refractivity contribution < 1.29 is 19.4 Å². The normalized spacial score (nSPS) is 16.1. The van der Waals surface area contributed by atoms with E-state index in [0.717, 1.165) is 5.56 Å². The second-order valence-electron chi connectivity index (χ2n) is 4.75. The third-order valence-corrected chi connectivity index (χ3v) is 3.39. The minimum absolute atomic E-state index is 0.0187. The van der Waals surface area contributed by atoms with Crippen molar-refractivity contribution in [1.29, 1.82) is 0 Å². The molecule has 0 unspecified atom stereocenters. The van der Waals surface area contributed by atoms with Gasteiger partial charge in [0.1, 0.15) is 11.7 Å². The number of rotatable bonds is 5. The van der Waals surface area contributed by atoms with Crippen molar-refractivity contribution in [3.05, 3.63) is 35.5 Å². The number of benzene rings is 1. The van der Waals surface area contributed by atoms with Crippen LogP contribution in [0.3, 0.4) is 0 Å². The summed E-state index contributed by atoms with van der Waals surface area (Å²) >= 11 is 0. The Hall–Kier alpha value is -3.10. The molecule has 0 aliphatic carbocycles. The number of fused-ring (bicyclic) bond motifs is 1. The molecule has 0 saturated carbocycles. The number of tetrazole rings is 1. The van der Waals surface area contributed by atoms with Crippen LogP contribution in [0.1, 0.15) is 18.5 Å². The fraction of sp³-hybridized carbons (Fsp3) is 0.286. The molecule has 1 aromatic heterocycles. The number of aromatic nitrogens is 4. The number of nitrogens with zero attached hydrogens (tertiary/aromatic N) is 4. The molecule has 0 bridgehead atoms. The van der Waals surface area contributed by atoms with Gasteiger partial charge < -0.3 is 19.9 Å². The number of ether oxygens (including phenoxy) is 2. The molecule has 0 spiro atoms. The van der Waals surface area contributed by atoms with Crippen LogP contribution in [0.2, 0.25) is 0 Å². The first-order chi connectivity index (χ1) is 11.1. The number of allylic oxidation sites excluding steroid dienone is 1. The Labute approximate surface area is 131 Å². The van der Waals surface area contributed by atoms with Crippen molar-refractivity contribution in [3.8, 4) is 11.5 Å². The van der Waals surface area contributed by atoms with E-state index in [4.69, 9.17) is 9.47 Å². The van der Waals surface area contributed by atoms with Gasteiger partial charge in [0.15, 0.2) is 11.5 Å². The van der Waals surface area contributed by atoms with Crippen molar-refractivity contribution in [2.45, 2.75) is 13.0 Å². The zero-order chi connectivity index (χ0) is 16.4. The van der Waals surface area contributed by atoms with Crippen LogP contribution in [0.5, 0.6) is 11.5 Å². The molecule has 0 fully saturated rings. The largest absolute Gasteiger partial charge is 0.493 e. The van der Waals surface area contributed by atoms with E-state index in [1.807, 2.05) is 13.0 Å². The fourth-order valence-electron chi connectivity index (χ4n) is 2.36.